The van der Waals surface area contributed by atoms with Crippen molar-refractivity contribution in [1.82, 2.24) is 9.88 Å². The lowest BCUT2D eigenvalue weighted by Gasteiger charge is -2.34. The normalized spacial score (nSPS) is 19.5. The molecule has 1 atom stereocenters. The Balaban J connectivity index is 1.89. The van der Waals surface area contributed by atoms with E-state index in [9.17, 15) is 18.0 Å². The van der Waals surface area contributed by atoms with Crippen LogP contribution in [0.4, 0.5) is 13.2 Å². The van der Waals surface area contributed by atoms with Crippen molar-refractivity contribution in [2.24, 2.45) is 0 Å². The number of ether oxygens (including phenoxy) is 1. The van der Waals surface area contributed by atoms with Crippen molar-refractivity contribution in [2.75, 3.05) is 19.8 Å². The number of alkyl halides is 3. The number of carbonyl (C=O) groups excluding carboxylic acids is 1. The molecule has 0 unspecified atom stereocenters. The molecule has 1 amide bonds. The van der Waals surface area contributed by atoms with E-state index in [1.807, 2.05) is 12.3 Å². The average molecular weight is 336 g/mol. The van der Waals surface area contributed by atoms with E-state index in [0.717, 1.165) is 30.0 Å². The van der Waals surface area contributed by atoms with Crippen LogP contribution < -0.4 is 0 Å². The first-order valence-corrected chi connectivity index (χ1v) is 8.11. The second kappa shape index (κ2) is 7.41. The molecule has 4 nitrogen and oxygen atoms in total. The molecule has 124 valence electrons. The fraction of sp³-hybridized carbons (Fsp3) is 0.714. The van der Waals surface area contributed by atoms with Crippen LogP contribution in [0.5, 0.6) is 0 Å². The van der Waals surface area contributed by atoms with Gasteiger partial charge in [0.15, 0.2) is 0 Å². The van der Waals surface area contributed by atoms with Crippen LogP contribution in [-0.4, -0.2) is 41.7 Å². The standard InChI is InChI=1S/C14H19F3N2O2S/c1-10-8-22-13(18-10)11-4-2-3-6-19(11)12(20)5-7-21-9-14(15,16)17/h8,11H,2-7,9H2,1H3/t11-/m1/s1. The van der Waals surface area contributed by atoms with E-state index in [-0.39, 0.29) is 25.0 Å². The number of rotatable bonds is 5. The van der Waals surface area contributed by atoms with Crippen molar-refractivity contribution in [3.8, 4) is 0 Å². The summed E-state index contributed by atoms with van der Waals surface area (Å²) in [6.45, 7) is 1.01. The van der Waals surface area contributed by atoms with E-state index >= 15 is 0 Å². The Morgan fingerprint density at radius 2 is 2.27 bits per heavy atom. The number of amides is 1. The minimum Gasteiger partial charge on any atom is -0.372 e. The highest BCUT2D eigenvalue weighted by molar-refractivity contribution is 7.09. The van der Waals surface area contributed by atoms with E-state index in [0.29, 0.717) is 6.54 Å². The van der Waals surface area contributed by atoms with Crippen molar-refractivity contribution >= 4 is 17.2 Å². The number of thiazole rings is 1. The van der Waals surface area contributed by atoms with Gasteiger partial charge in [0.2, 0.25) is 5.91 Å². The summed E-state index contributed by atoms with van der Waals surface area (Å²) in [4.78, 5) is 18.4. The van der Waals surface area contributed by atoms with Crippen molar-refractivity contribution in [3.63, 3.8) is 0 Å². The van der Waals surface area contributed by atoms with Crippen molar-refractivity contribution in [2.45, 2.75) is 44.8 Å². The van der Waals surface area contributed by atoms with Crippen LogP contribution in [-0.2, 0) is 9.53 Å². The molecule has 0 aromatic carbocycles. The molecule has 1 aliphatic rings. The summed E-state index contributed by atoms with van der Waals surface area (Å²) < 4.78 is 40.5. The summed E-state index contributed by atoms with van der Waals surface area (Å²) in [5.74, 6) is -0.167. The molecule has 1 aliphatic heterocycles. The molecule has 8 heteroatoms. The molecule has 1 aromatic rings. The van der Waals surface area contributed by atoms with Crippen molar-refractivity contribution in [1.29, 1.82) is 0 Å². The molecule has 2 heterocycles. The highest BCUT2D eigenvalue weighted by Gasteiger charge is 2.30. The zero-order valence-corrected chi connectivity index (χ0v) is 13.2. The van der Waals surface area contributed by atoms with Gasteiger partial charge in [-0.15, -0.1) is 11.3 Å². The fourth-order valence-electron chi connectivity index (χ4n) is 2.50. The van der Waals surface area contributed by atoms with Crippen LogP contribution in [0.3, 0.4) is 0 Å². The van der Waals surface area contributed by atoms with E-state index in [1.165, 1.54) is 11.3 Å². The van der Waals surface area contributed by atoms with E-state index in [4.69, 9.17) is 0 Å². The van der Waals surface area contributed by atoms with Gasteiger partial charge in [-0.2, -0.15) is 13.2 Å². The number of piperidine rings is 1. The number of nitrogens with zero attached hydrogens (tertiary/aromatic N) is 2. The highest BCUT2D eigenvalue weighted by Crippen LogP contribution is 2.33. The largest absolute Gasteiger partial charge is 0.411 e. The first-order valence-electron chi connectivity index (χ1n) is 7.23. The SMILES string of the molecule is Cc1csc([C@H]2CCCCN2C(=O)CCOCC(F)(F)F)n1. The second-order valence-corrected chi connectivity index (χ2v) is 6.23. The molecule has 22 heavy (non-hydrogen) atoms. The molecule has 0 saturated carbocycles. The van der Waals surface area contributed by atoms with Gasteiger partial charge in [-0.05, 0) is 26.2 Å². The molecule has 0 spiro atoms. The van der Waals surface area contributed by atoms with Crippen molar-refractivity contribution in [3.05, 3.63) is 16.1 Å². The Hall–Kier alpha value is -1.15. The summed E-state index contributed by atoms with van der Waals surface area (Å²) in [5, 5.41) is 2.85. The lowest BCUT2D eigenvalue weighted by Crippen LogP contribution is -2.39. The number of hydrogen-bond donors (Lipinski definition) is 0. The van der Waals surface area contributed by atoms with Crippen molar-refractivity contribution < 1.29 is 22.7 Å². The van der Waals surface area contributed by atoms with Gasteiger partial charge in [-0.1, -0.05) is 0 Å². The van der Waals surface area contributed by atoms with Gasteiger partial charge in [0, 0.05) is 17.6 Å². The molecule has 1 aromatic heterocycles. The molecule has 2 rings (SSSR count). The molecule has 0 N–H and O–H groups in total. The Morgan fingerprint density at radius 3 is 2.91 bits per heavy atom. The summed E-state index contributed by atoms with van der Waals surface area (Å²) in [6.07, 6.45) is -1.60. The molecule has 0 aliphatic carbocycles. The van der Waals surface area contributed by atoms with Gasteiger partial charge in [-0.3, -0.25) is 4.79 Å². The predicted molar refractivity (Wildman–Crippen MR) is 76.6 cm³/mol. The van der Waals surface area contributed by atoms with Crippen LogP contribution in [0.15, 0.2) is 5.38 Å². The Kier molecular flexibility index (Phi) is 5.80. The van der Waals surface area contributed by atoms with Crippen LogP contribution in [0.1, 0.15) is 42.4 Å². The van der Waals surface area contributed by atoms with Gasteiger partial charge < -0.3 is 9.64 Å². The van der Waals surface area contributed by atoms with E-state index in [2.05, 4.69) is 9.72 Å². The monoisotopic (exact) mass is 336 g/mol. The van der Waals surface area contributed by atoms with Gasteiger partial charge in [0.1, 0.15) is 11.6 Å². The molecule has 0 bridgehead atoms. The zero-order chi connectivity index (χ0) is 16.2. The summed E-state index contributed by atoms with van der Waals surface area (Å²) >= 11 is 1.52. The third-order valence-corrected chi connectivity index (χ3v) is 4.53. The van der Waals surface area contributed by atoms with Crippen LogP contribution in [0.25, 0.3) is 0 Å². The maximum atomic E-state index is 12.3. The number of aromatic nitrogens is 1. The number of hydrogen-bond acceptors (Lipinski definition) is 4. The molecule has 1 fully saturated rings. The third-order valence-electron chi connectivity index (χ3n) is 3.47. The van der Waals surface area contributed by atoms with Gasteiger partial charge >= 0.3 is 6.18 Å². The van der Waals surface area contributed by atoms with E-state index < -0.39 is 12.8 Å². The predicted octanol–water partition coefficient (Wildman–Crippen LogP) is 3.47. The second-order valence-electron chi connectivity index (χ2n) is 5.34. The third kappa shape index (κ3) is 4.95. The fourth-order valence-corrected chi connectivity index (χ4v) is 3.45. The lowest BCUT2D eigenvalue weighted by atomic mass is 10.0. The number of carbonyl (C=O) groups is 1. The Bertz CT molecular complexity index is 505. The van der Waals surface area contributed by atoms with Crippen LogP contribution in [0, 0.1) is 6.92 Å². The minimum atomic E-state index is -4.35. The molecule has 0 radical (unpaired) electrons. The van der Waals surface area contributed by atoms with Crippen LogP contribution >= 0.6 is 11.3 Å². The minimum absolute atomic E-state index is 0.0308. The zero-order valence-electron chi connectivity index (χ0n) is 12.4. The topological polar surface area (TPSA) is 42.4 Å². The summed E-state index contributed by atoms with van der Waals surface area (Å²) in [6, 6.07) is -0.0532. The van der Waals surface area contributed by atoms with Gasteiger partial charge in [0.05, 0.1) is 19.1 Å². The Morgan fingerprint density at radius 1 is 1.50 bits per heavy atom. The molecule has 1 saturated heterocycles. The van der Waals surface area contributed by atoms with Gasteiger partial charge in [-0.25, -0.2) is 4.98 Å². The number of likely N-dealkylation sites (tertiary alicyclic amines) is 1. The maximum Gasteiger partial charge on any atom is 0.411 e. The Labute approximate surface area is 131 Å². The first kappa shape index (κ1) is 17.2. The summed E-state index contributed by atoms with van der Waals surface area (Å²) in [5.41, 5.74) is 0.923. The maximum absolute atomic E-state index is 12.3. The number of halogens is 3. The average Bonchev–Trinajstić information content (AvgIpc) is 2.89. The first-order chi connectivity index (χ1) is 10.4. The van der Waals surface area contributed by atoms with Gasteiger partial charge in [0.25, 0.3) is 0 Å². The lowest BCUT2D eigenvalue weighted by molar-refractivity contribution is -0.175. The smallest absolute Gasteiger partial charge is 0.372 e. The van der Waals surface area contributed by atoms with E-state index in [1.54, 1.807) is 4.90 Å². The quantitative estimate of drug-likeness (QED) is 0.773. The molecular weight excluding hydrogens is 317 g/mol. The van der Waals surface area contributed by atoms with Crippen LogP contribution in [0.2, 0.25) is 0 Å². The number of aryl methyl sites for hydroxylation is 1. The molecular formula is C14H19F3N2O2S. The summed E-state index contributed by atoms with van der Waals surface area (Å²) in [7, 11) is 0. The highest BCUT2D eigenvalue weighted by atomic mass is 32.1.